The van der Waals surface area contributed by atoms with E-state index in [4.69, 9.17) is 0 Å². The lowest BCUT2D eigenvalue weighted by Crippen LogP contribution is -2.38. The maximum absolute atomic E-state index is 12.0. The van der Waals surface area contributed by atoms with Crippen molar-refractivity contribution in [3.8, 4) is 0 Å². The third-order valence-corrected chi connectivity index (χ3v) is 4.23. The van der Waals surface area contributed by atoms with Crippen LogP contribution < -0.4 is 10.6 Å². The molecule has 0 unspecified atom stereocenters. The predicted octanol–water partition coefficient (Wildman–Crippen LogP) is 2.52. The number of nitrogens with zero attached hydrogens (tertiary/aromatic N) is 2. The lowest BCUT2D eigenvalue weighted by Gasteiger charge is -2.16. The highest BCUT2D eigenvalue weighted by Gasteiger charge is 2.18. The highest BCUT2D eigenvalue weighted by atomic mass is 16.3. The van der Waals surface area contributed by atoms with Crippen molar-refractivity contribution in [1.29, 1.82) is 0 Å². The third kappa shape index (κ3) is 4.35. The van der Waals surface area contributed by atoms with Gasteiger partial charge in [-0.3, -0.25) is 4.68 Å². The SMILES string of the molecule is Cc1nn(C)c(C)c1[C@H](C)NC(=O)NCC[C@@H](O)c1ccccc1. The fourth-order valence-corrected chi connectivity index (χ4v) is 2.90. The molecule has 0 saturated heterocycles. The molecule has 6 nitrogen and oxygen atoms in total. The molecule has 0 aliphatic rings. The number of carbonyl (C=O) groups excluding carboxylic acids is 1. The van der Waals surface area contributed by atoms with Gasteiger partial charge < -0.3 is 15.7 Å². The highest BCUT2D eigenvalue weighted by molar-refractivity contribution is 5.74. The first-order chi connectivity index (χ1) is 11.4. The van der Waals surface area contributed by atoms with Crippen molar-refractivity contribution < 1.29 is 9.90 Å². The van der Waals surface area contributed by atoms with E-state index in [0.717, 1.165) is 22.5 Å². The van der Waals surface area contributed by atoms with Gasteiger partial charge in [0.05, 0.1) is 17.8 Å². The van der Waals surface area contributed by atoms with Gasteiger partial charge in [0.25, 0.3) is 0 Å². The Kier molecular flexibility index (Phi) is 5.98. The van der Waals surface area contributed by atoms with Crippen LogP contribution in [-0.4, -0.2) is 27.5 Å². The Labute approximate surface area is 142 Å². The molecule has 0 spiro atoms. The molecule has 2 amide bonds. The third-order valence-electron chi connectivity index (χ3n) is 4.23. The molecule has 0 aliphatic carbocycles. The number of aliphatic hydroxyl groups is 1. The first kappa shape index (κ1) is 18.0. The summed E-state index contributed by atoms with van der Waals surface area (Å²) in [5, 5.41) is 20.2. The zero-order valence-corrected chi connectivity index (χ0v) is 14.7. The number of hydrogen-bond acceptors (Lipinski definition) is 3. The Balaban J connectivity index is 1.81. The zero-order valence-electron chi connectivity index (χ0n) is 14.7. The summed E-state index contributed by atoms with van der Waals surface area (Å²) in [6.45, 7) is 6.27. The minimum Gasteiger partial charge on any atom is -0.388 e. The monoisotopic (exact) mass is 330 g/mol. The van der Waals surface area contributed by atoms with E-state index in [1.807, 2.05) is 62.8 Å². The summed E-state index contributed by atoms with van der Waals surface area (Å²) in [7, 11) is 1.89. The molecule has 2 aromatic rings. The van der Waals surface area contributed by atoms with E-state index in [1.165, 1.54) is 0 Å². The number of amides is 2. The Morgan fingerprint density at radius 3 is 2.54 bits per heavy atom. The molecule has 0 radical (unpaired) electrons. The van der Waals surface area contributed by atoms with E-state index in [9.17, 15) is 9.90 Å². The van der Waals surface area contributed by atoms with Crippen LogP contribution in [0, 0.1) is 13.8 Å². The Morgan fingerprint density at radius 2 is 1.96 bits per heavy atom. The molecule has 0 bridgehead atoms. The number of nitrogens with one attached hydrogen (secondary N) is 2. The topological polar surface area (TPSA) is 79.2 Å². The van der Waals surface area contributed by atoms with Gasteiger partial charge in [0.2, 0.25) is 0 Å². The molecule has 0 aliphatic heterocycles. The van der Waals surface area contributed by atoms with Crippen LogP contribution in [0.1, 0.15) is 48.0 Å². The largest absolute Gasteiger partial charge is 0.388 e. The van der Waals surface area contributed by atoms with E-state index in [2.05, 4.69) is 15.7 Å². The van der Waals surface area contributed by atoms with Crippen molar-refractivity contribution >= 4 is 6.03 Å². The second kappa shape index (κ2) is 7.97. The van der Waals surface area contributed by atoms with Gasteiger partial charge in [-0.15, -0.1) is 0 Å². The number of urea groups is 1. The van der Waals surface area contributed by atoms with Crippen molar-refractivity contribution in [3.05, 3.63) is 52.8 Å². The van der Waals surface area contributed by atoms with Crippen molar-refractivity contribution in [2.45, 2.75) is 39.3 Å². The normalized spacial score (nSPS) is 13.4. The van der Waals surface area contributed by atoms with E-state index in [-0.39, 0.29) is 12.1 Å². The second-order valence-electron chi connectivity index (χ2n) is 6.05. The molecule has 24 heavy (non-hydrogen) atoms. The molecule has 130 valence electrons. The van der Waals surface area contributed by atoms with E-state index < -0.39 is 6.10 Å². The summed E-state index contributed by atoms with van der Waals surface area (Å²) >= 11 is 0. The molecular weight excluding hydrogens is 304 g/mol. The zero-order chi connectivity index (χ0) is 17.7. The Morgan fingerprint density at radius 1 is 1.29 bits per heavy atom. The van der Waals surface area contributed by atoms with E-state index in [1.54, 1.807) is 0 Å². The molecule has 2 rings (SSSR count). The number of aryl methyl sites for hydroxylation is 2. The number of benzene rings is 1. The minimum absolute atomic E-state index is 0.127. The lowest BCUT2D eigenvalue weighted by atomic mass is 10.1. The average Bonchev–Trinajstić information content (AvgIpc) is 2.80. The fraction of sp³-hybridized carbons (Fsp3) is 0.444. The predicted molar refractivity (Wildman–Crippen MR) is 93.7 cm³/mol. The standard InChI is InChI=1S/C18H26N4O2/c1-12(17-13(2)21-22(4)14(17)3)20-18(24)19-11-10-16(23)15-8-6-5-7-9-15/h5-9,12,16,23H,10-11H2,1-4H3,(H2,19,20,24)/t12-,16+/m0/s1. The summed E-state index contributed by atoms with van der Waals surface area (Å²) in [5.74, 6) is 0. The van der Waals surface area contributed by atoms with Crippen LogP contribution in [0.15, 0.2) is 30.3 Å². The lowest BCUT2D eigenvalue weighted by molar-refractivity contribution is 0.166. The van der Waals surface area contributed by atoms with Gasteiger partial charge in [-0.25, -0.2) is 4.79 Å². The van der Waals surface area contributed by atoms with Gasteiger partial charge in [0, 0.05) is 24.8 Å². The second-order valence-corrected chi connectivity index (χ2v) is 6.05. The Hall–Kier alpha value is -2.34. The molecule has 0 saturated carbocycles. The minimum atomic E-state index is -0.577. The molecule has 1 aromatic carbocycles. The van der Waals surface area contributed by atoms with E-state index >= 15 is 0 Å². The van der Waals surface area contributed by atoms with E-state index in [0.29, 0.717) is 13.0 Å². The van der Waals surface area contributed by atoms with Crippen molar-refractivity contribution in [2.24, 2.45) is 7.05 Å². The summed E-state index contributed by atoms with van der Waals surface area (Å²) in [6.07, 6.45) is -0.108. The van der Waals surface area contributed by atoms with Crippen LogP contribution in [0.4, 0.5) is 4.79 Å². The molecule has 3 N–H and O–H groups in total. The summed E-state index contributed by atoms with van der Waals surface area (Å²) in [6, 6.07) is 9.06. The number of rotatable bonds is 6. The van der Waals surface area contributed by atoms with Gasteiger partial charge in [0.1, 0.15) is 0 Å². The average molecular weight is 330 g/mol. The van der Waals surface area contributed by atoms with Crippen LogP contribution in [0.5, 0.6) is 0 Å². The quantitative estimate of drug-likeness (QED) is 0.761. The molecule has 0 fully saturated rings. The molecule has 1 heterocycles. The van der Waals surface area contributed by atoms with Gasteiger partial charge in [-0.05, 0) is 32.8 Å². The summed E-state index contributed by atoms with van der Waals surface area (Å²) < 4.78 is 1.82. The van der Waals surface area contributed by atoms with Gasteiger partial charge >= 0.3 is 6.03 Å². The molecule has 1 aromatic heterocycles. The maximum Gasteiger partial charge on any atom is 0.315 e. The molecular formula is C18H26N4O2. The van der Waals surface area contributed by atoms with Crippen LogP contribution in [0.25, 0.3) is 0 Å². The number of hydrogen-bond donors (Lipinski definition) is 3. The van der Waals surface area contributed by atoms with Crippen molar-refractivity contribution in [1.82, 2.24) is 20.4 Å². The van der Waals surface area contributed by atoms with Crippen LogP contribution in [0.2, 0.25) is 0 Å². The smallest absolute Gasteiger partial charge is 0.315 e. The van der Waals surface area contributed by atoms with Crippen LogP contribution >= 0.6 is 0 Å². The van der Waals surface area contributed by atoms with Gasteiger partial charge in [-0.2, -0.15) is 5.10 Å². The Bertz CT molecular complexity index is 682. The number of aromatic nitrogens is 2. The van der Waals surface area contributed by atoms with Gasteiger partial charge in [0.15, 0.2) is 0 Å². The molecule has 6 heteroatoms. The van der Waals surface area contributed by atoms with Crippen LogP contribution in [-0.2, 0) is 7.05 Å². The summed E-state index contributed by atoms with van der Waals surface area (Å²) in [4.78, 5) is 12.0. The molecule has 2 atom stereocenters. The summed E-state index contributed by atoms with van der Waals surface area (Å²) in [5.41, 5.74) is 3.86. The van der Waals surface area contributed by atoms with Gasteiger partial charge in [-0.1, -0.05) is 30.3 Å². The number of carbonyl (C=O) groups is 1. The fourth-order valence-electron chi connectivity index (χ4n) is 2.90. The highest BCUT2D eigenvalue weighted by Crippen LogP contribution is 2.20. The number of aliphatic hydroxyl groups excluding tert-OH is 1. The first-order valence-corrected chi connectivity index (χ1v) is 8.17. The first-order valence-electron chi connectivity index (χ1n) is 8.17. The van der Waals surface area contributed by atoms with Crippen molar-refractivity contribution in [2.75, 3.05) is 6.54 Å². The van der Waals surface area contributed by atoms with Crippen LogP contribution in [0.3, 0.4) is 0 Å². The maximum atomic E-state index is 12.0. The van der Waals surface area contributed by atoms with Crippen molar-refractivity contribution in [3.63, 3.8) is 0 Å².